The van der Waals surface area contributed by atoms with Gasteiger partial charge < -0.3 is 10.2 Å². The Bertz CT molecular complexity index is 372. The smallest absolute Gasteiger partial charge is 0.123 e. The third-order valence-electron chi connectivity index (χ3n) is 3.89. The van der Waals surface area contributed by atoms with Crippen molar-refractivity contribution in [3.63, 3.8) is 0 Å². The summed E-state index contributed by atoms with van der Waals surface area (Å²) >= 11 is 0. The predicted octanol–water partition coefficient (Wildman–Crippen LogP) is 2.34. The van der Waals surface area contributed by atoms with Gasteiger partial charge in [-0.25, -0.2) is 4.39 Å². The van der Waals surface area contributed by atoms with E-state index in [9.17, 15) is 4.39 Å². The van der Waals surface area contributed by atoms with E-state index in [2.05, 4.69) is 22.0 Å². The Balaban J connectivity index is 1.66. The van der Waals surface area contributed by atoms with Crippen LogP contribution >= 0.6 is 0 Å². The van der Waals surface area contributed by atoms with Gasteiger partial charge in [0.15, 0.2) is 0 Å². The second-order valence-corrected chi connectivity index (χ2v) is 5.37. The molecule has 0 bridgehead atoms. The Kier molecular flexibility index (Phi) is 6.27. The van der Waals surface area contributed by atoms with Gasteiger partial charge in [-0.1, -0.05) is 6.92 Å². The van der Waals surface area contributed by atoms with E-state index in [1.165, 1.54) is 19.4 Å². The molecule has 0 radical (unpaired) electrons. The largest absolute Gasteiger partial charge is 0.369 e. The van der Waals surface area contributed by atoms with Crippen molar-refractivity contribution in [1.29, 1.82) is 0 Å². The van der Waals surface area contributed by atoms with E-state index in [1.54, 1.807) is 12.1 Å². The topological polar surface area (TPSA) is 18.5 Å². The molecule has 4 heteroatoms. The van der Waals surface area contributed by atoms with Crippen molar-refractivity contribution in [2.24, 2.45) is 0 Å². The zero-order chi connectivity index (χ0) is 14.2. The highest BCUT2D eigenvalue weighted by molar-refractivity contribution is 5.46. The summed E-state index contributed by atoms with van der Waals surface area (Å²) < 4.78 is 12.9. The lowest BCUT2D eigenvalue weighted by atomic mass is 10.2. The highest BCUT2D eigenvalue weighted by Gasteiger charge is 2.16. The molecule has 0 spiro atoms. The molecule has 1 aliphatic rings. The lowest BCUT2D eigenvalue weighted by Gasteiger charge is -2.36. The van der Waals surface area contributed by atoms with Crippen LogP contribution in [-0.2, 0) is 0 Å². The maximum atomic E-state index is 12.9. The van der Waals surface area contributed by atoms with E-state index in [4.69, 9.17) is 0 Å². The number of hydrogen-bond acceptors (Lipinski definition) is 3. The number of nitrogens with zero attached hydrogens (tertiary/aromatic N) is 2. The molecule has 0 saturated carbocycles. The summed E-state index contributed by atoms with van der Waals surface area (Å²) in [6, 6.07) is 6.84. The minimum Gasteiger partial charge on any atom is -0.369 e. The first-order valence-electron chi connectivity index (χ1n) is 7.73. The number of halogens is 1. The summed E-state index contributed by atoms with van der Waals surface area (Å²) in [5, 5.41) is 3.36. The minimum absolute atomic E-state index is 0.159. The van der Waals surface area contributed by atoms with Crippen LogP contribution in [0.2, 0.25) is 0 Å². The Morgan fingerprint density at radius 1 is 1.05 bits per heavy atom. The number of nitrogens with one attached hydrogen (secondary N) is 1. The molecular weight excluding hydrogens is 253 g/mol. The Morgan fingerprint density at radius 2 is 1.75 bits per heavy atom. The molecule has 0 unspecified atom stereocenters. The van der Waals surface area contributed by atoms with E-state index < -0.39 is 0 Å². The highest BCUT2D eigenvalue weighted by Crippen LogP contribution is 2.16. The van der Waals surface area contributed by atoms with Crippen molar-refractivity contribution < 1.29 is 4.39 Å². The molecule has 1 N–H and O–H groups in total. The number of rotatable bonds is 7. The third kappa shape index (κ3) is 4.76. The van der Waals surface area contributed by atoms with Crippen molar-refractivity contribution >= 4 is 5.69 Å². The SMILES string of the molecule is CCNCCCCN1CCN(c2ccc(F)cc2)CC1. The fourth-order valence-corrected chi connectivity index (χ4v) is 2.64. The Morgan fingerprint density at radius 3 is 2.40 bits per heavy atom. The van der Waals surface area contributed by atoms with Crippen molar-refractivity contribution in [2.75, 3.05) is 50.7 Å². The van der Waals surface area contributed by atoms with E-state index >= 15 is 0 Å². The van der Waals surface area contributed by atoms with E-state index in [-0.39, 0.29) is 5.82 Å². The van der Waals surface area contributed by atoms with Crippen LogP contribution in [0.5, 0.6) is 0 Å². The molecule has 0 aromatic heterocycles. The van der Waals surface area contributed by atoms with Crippen molar-refractivity contribution in [3.05, 3.63) is 30.1 Å². The molecule has 0 amide bonds. The van der Waals surface area contributed by atoms with Crippen LogP contribution in [0.3, 0.4) is 0 Å². The van der Waals surface area contributed by atoms with Crippen molar-refractivity contribution in [1.82, 2.24) is 10.2 Å². The quantitative estimate of drug-likeness (QED) is 0.773. The summed E-state index contributed by atoms with van der Waals surface area (Å²) in [5.74, 6) is -0.159. The van der Waals surface area contributed by atoms with E-state index in [1.807, 2.05) is 12.1 Å². The molecule has 1 aromatic rings. The van der Waals surface area contributed by atoms with Crippen LogP contribution in [-0.4, -0.2) is 50.7 Å². The molecule has 1 aliphatic heterocycles. The van der Waals surface area contributed by atoms with Gasteiger partial charge in [-0.3, -0.25) is 4.90 Å². The number of anilines is 1. The summed E-state index contributed by atoms with van der Waals surface area (Å²) in [4.78, 5) is 4.88. The van der Waals surface area contributed by atoms with E-state index in [0.717, 1.165) is 45.0 Å². The van der Waals surface area contributed by atoms with Crippen LogP contribution in [0.25, 0.3) is 0 Å². The van der Waals surface area contributed by atoms with Gasteiger partial charge in [0, 0.05) is 31.9 Å². The molecule has 1 heterocycles. The lowest BCUT2D eigenvalue weighted by Crippen LogP contribution is -2.46. The minimum atomic E-state index is -0.159. The monoisotopic (exact) mass is 279 g/mol. The van der Waals surface area contributed by atoms with Crippen LogP contribution in [0.15, 0.2) is 24.3 Å². The molecule has 1 fully saturated rings. The van der Waals surface area contributed by atoms with Gasteiger partial charge in [-0.05, 0) is 56.7 Å². The summed E-state index contributed by atoms with van der Waals surface area (Å²) in [6.07, 6.45) is 2.52. The molecule has 1 saturated heterocycles. The summed E-state index contributed by atoms with van der Waals surface area (Å²) in [7, 11) is 0. The second-order valence-electron chi connectivity index (χ2n) is 5.37. The molecule has 3 nitrogen and oxygen atoms in total. The van der Waals surface area contributed by atoms with Crippen LogP contribution in [0.1, 0.15) is 19.8 Å². The van der Waals surface area contributed by atoms with E-state index in [0.29, 0.717) is 0 Å². The fourth-order valence-electron chi connectivity index (χ4n) is 2.64. The first kappa shape index (κ1) is 15.3. The average molecular weight is 279 g/mol. The van der Waals surface area contributed by atoms with Gasteiger partial charge in [-0.2, -0.15) is 0 Å². The number of unbranched alkanes of at least 4 members (excludes halogenated alkanes) is 1. The second kappa shape index (κ2) is 8.22. The third-order valence-corrected chi connectivity index (χ3v) is 3.89. The van der Waals surface area contributed by atoms with Gasteiger partial charge >= 0.3 is 0 Å². The van der Waals surface area contributed by atoms with Crippen LogP contribution in [0.4, 0.5) is 10.1 Å². The maximum Gasteiger partial charge on any atom is 0.123 e. The van der Waals surface area contributed by atoms with Gasteiger partial charge in [0.25, 0.3) is 0 Å². The van der Waals surface area contributed by atoms with Gasteiger partial charge in [0.05, 0.1) is 0 Å². The zero-order valence-electron chi connectivity index (χ0n) is 12.4. The number of piperazine rings is 1. The first-order chi connectivity index (χ1) is 9.79. The molecule has 20 heavy (non-hydrogen) atoms. The fraction of sp³-hybridized carbons (Fsp3) is 0.625. The zero-order valence-corrected chi connectivity index (χ0v) is 12.4. The molecular formula is C16H26FN3. The molecule has 112 valence electrons. The number of hydrogen-bond donors (Lipinski definition) is 1. The van der Waals surface area contributed by atoms with Gasteiger partial charge in [-0.15, -0.1) is 0 Å². The standard InChI is InChI=1S/C16H26FN3/c1-2-18-9-3-4-10-19-11-13-20(14-12-19)16-7-5-15(17)6-8-16/h5-8,18H,2-4,9-14H2,1H3. The maximum absolute atomic E-state index is 12.9. The number of benzene rings is 1. The summed E-state index contributed by atoms with van der Waals surface area (Å²) in [6.45, 7) is 9.84. The first-order valence-corrected chi connectivity index (χ1v) is 7.73. The Hall–Kier alpha value is -1.13. The molecule has 1 aromatic carbocycles. The molecule has 2 rings (SSSR count). The van der Waals surface area contributed by atoms with Crippen LogP contribution < -0.4 is 10.2 Å². The molecule has 0 aliphatic carbocycles. The average Bonchev–Trinajstić information content (AvgIpc) is 2.49. The lowest BCUT2D eigenvalue weighted by molar-refractivity contribution is 0.252. The summed E-state index contributed by atoms with van der Waals surface area (Å²) in [5.41, 5.74) is 1.14. The van der Waals surface area contributed by atoms with Gasteiger partial charge in [0.2, 0.25) is 0 Å². The highest BCUT2D eigenvalue weighted by atomic mass is 19.1. The van der Waals surface area contributed by atoms with Crippen LogP contribution in [0, 0.1) is 5.82 Å². The Labute approximate surface area is 121 Å². The van der Waals surface area contributed by atoms with Crippen molar-refractivity contribution in [2.45, 2.75) is 19.8 Å². The molecule has 0 atom stereocenters. The predicted molar refractivity (Wildman–Crippen MR) is 82.8 cm³/mol. The normalized spacial score (nSPS) is 16.6. The van der Waals surface area contributed by atoms with Gasteiger partial charge in [0.1, 0.15) is 5.82 Å². The van der Waals surface area contributed by atoms with Crippen molar-refractivity contribution in [3.8, 4) is 0 Å².